The van der Waals surface area contributed by atoms with Gasteiger partial charge in [-0.05, 0) is 36.8 Å². The van der Waals surface area contributed by atoms with Crippen LogP contribution in [0.15, 0.2) is 40.9 Å². The SMILES string of the molecule is Cc1c(Br)cccc1C(=O)Nc1cccc(Cl)c1N(C)C. The first-order valence-corrected chi connectivity index (χ1v) is 7.61. The molecule has 1 N–H and O–H groups in total. The molecular formula is C16H16BrClN2O. The highest BCUT2D eigenvalue weighted by Gasteiger charge is 2.15. The summed E-state index contributed by atoms with van der Waals surface area (Å²) in [5, 5.41) is 3.53. The highest BCUT2D eigenvalue weighted by atomic mass is 79.9. The van der Waals surface area contributed by atoms with Crippen molar-refractivity contribution in [3.63, 3.8) is 0 Å². The van der Waals surface area contributed by atoms with Gasteiger partial charge in [0.25, 0.3) is 5.91 Å². The predicted molar refractivity (Wildman–Crippen MR) is 92.6 cm³/mol. The van der Waals surface area contributed by atoms with E-state index in [1.54, 1.807) is 12.1 Å². The molecule has 0 aliphatic rings. The molecule has 0 aliphatic heterocycles. The average molecular weight is 368 g/mol. The number of nitrogens with zero attached hydrogens (tertiary/aromatic N) is 1. The van der Waals surface area contributed by atoms with E-state index in [1.165, 1.54) is 0 Å². The number of anilines is 2. The molecule has 21 heavy (non-hydrogen) atoms. The van der Waals surface area contributed by atoms with E-state index in [4.69, 9.17) is 11.6 Å². The van der Waals surface area contributed by atoms with Gasteiger partial charge in [-0.25, -0.2) is 0 Å². The topological polar surface area (TPSA) is 32.3 Å². The fourth-order valence-corrected chi connectivity index (χ4v) is 2.82. The second-order valence-electron chi connectivity index (χ2n) is 4.90. The van der Waals surface area contributed by atoms with Crippen LogP contribution in [0.4, 0.5) is 11.4 Å². The molecule has 5 heteroatoms. The van der Waals surface area contributed by atoms with E-state index in [2.05, 4.69) is 21.2 Å². The Balaban J connectivity index is 2.37. The Morgan fingerprint density at radius 3 is 2.52 bits per heavy atom. The third-order valence-electron chi connectivity index (χ3n) is 3.19. The first-order valence-electron chi connectivity index (χ1n) is 6.44. The smallest absolute Gasteiger partial charge is 0.256 e. The maximum absolute atomic E-state index is 12.5. The van der Waals surface area contributed by atoms with Gasteiger partial charge in [-0.3, -0.25) is 4.79 Å². The molecule has 0 heterocycles. The molecule has 0 unspecified atom stereocenters. The summed E-state index contributed by atoms with van der Waals surface area (Å²) >= 11 is 9.65. The van der Waals surface area contributed by atoms with Crippen molar-refractivity contribution >= 4 is 44.8 Å². The van der Waals surface area contributed by atoms with Crippen LogP contribution in [0.1, 0.15) is 15.9 Å². The fraction of sp³-hybridized carbons (Fsp3) is 0.188. The zero-order valence-electron chi connectivity index (χ0n) is 12.1. The summed E-state index contributed by atoms with van der Waals surface area (Å²) in [4.78, 5) is 14.4. The molecule has 0 radical (unpaired) electrons. The minimum absolute atomic E-state index is 0.154. The lowest BCUT2D eigenvalue weighted by Crippen LogP contribution is -2.17. The van der Waals surface area contributed by atoms with Gasteiger partial charge < -0.3 is 10.2 Å². The number of carbonyl (C=O) groups is 1. The Morgan fingerprint density at radius 2 is 1.86 bits per heavy atom. The third-order valence-corrected chi connectivity index (χ3v) is 4.36. The maximum Gasteiger partial charge on any atom is 0.256 e. The third kappa shape index (κ3) is 3.39. The van der Waals surface area contributed by atoms with Crippen LogP contribution < -0.4 is 10.2 Å². The summed E-state index contributed by atoms with van der Waals surface area (Å²) in [5.41, 5.74) is 3.02. The van der Waals surface area contributed by atoms with Crippen molar-refractivity contribution in [2.24, 2.45) is 0 Å². The van der Waals surface area contributed by atoms with Crippen molar-refractivity contribution < 1.29 is 4.79 Å². The number of benzene rings is 2. The number of nitrogens with one attached hydrogen (secondary N) is 1. The minimum Gasteiger partial charge on any atom is -0.375 e. The number of rotatable bonds is 3. The molecule has 2 aromatic rings. The minimum atomic E-state index is -0.154. The molecule has 0 bridgehead atoms. The van der Waals surface area contributed by atoms with Gasteiger partial charge in [0.2, 0.25) is 0 Å². The Hall–Kier alpha value is -1.52. The van der Waals surface area contributed by atoms with Crippen LogP contribution in [0.2, 0.25) is 5.02 Å². The van der Waals surface area contributed by atoms with Crippen molar-refractivity contribution in [1.29, 1.82) is 0 Å². The Labute approximate surface area is 138 Å². The number of para-hydroxylation sites is 1. The second kappa shape index (κ2) is 6.50. The molecule has 0 aliphatic carbocycles. The largest absolute Gasteiger partial charge is 0.375 e. The van der Waals surface area contributed by atoms with Gasteiger partial charge in [0.1, 0.15) is 0 Å². The van der Waals surface area contributed by atoms with E-state index in [-0.39, 0.29) is 5.91 Å². The molecule has 0 saturated heterocycles. The lowest BCUT2D eigenvalue weighted by Gasteiger charge is -2.19. The highest BCUT2D eigenvalue weighted by molar-refractivity contribution is 9.10. The van der Waals surface area contributed by atoms with Gasteiger partial charge >= 0.3 is 0 Å². The Morgan fingerprint density at radius 1 is 1.19 bits per heavy atom. The van der Waals surface area contributed by atoms with E-state index in [9.17, 15) is 4.79 Å². The van der Waals surface area contributed by atoms with Gasteiger partial charge in [-0.2, -0.15) is 0 Å². The summed E-state index contributed by atoms with van der Waals surface area (Å²) in [6.07, 6.45) is 0. The molecule has 2 rings (SSSR count). The average Bonchev–Trinajstić information content (AvgIpc) is 2.41. The zero-order valence-corrected chi connectivity index (χ0v) is 14.4. The zero-order chi connectivity index (χ0) is 15.6. The van der Waals surface area contributed by atoms with Crippen molar-refractivity contribution in [3.8, 4) is 0 Å². The molecular weight excluding hydrogens is 352 g/mol. The number of hydrogen-bond acceptors (Lipinski definition) is 2. The van der Waals surface area contributed by atoms with Crippen molar-refractivity contribution in [2.75, 3.05) is 24.3 Å². The molecule has 0 spiro atoms. The van der Waals surface area contributed by atoms with Gasteiger partial charge in [-0.15, -0.1) is 0 Å². The molecule has 0 fully saturated rings. The number of hydrogen-bond donors (Lipinski definition) is 1. The molecule has 0 aromatic heterocycles. The van der Waals surface area contributed by atoms with Crippen molar-refractivity contribution in [1.82, 2.24) is 0 Å². The molecule has 110 valence electrons. The van der Waals surface area contributed by atoms with Gasteiger partial charge in [0.15, 0.2) is 0 Å². The molecule has 1 amide bonds. The molecule has 0 atom stereocenters. The van der Waals surface area contributed by atoms with E-state index < -0.39 is 0 Å². The van der Waals surface area contributed by atoms with Crippen molar-refractivity contribution in [3.05, 3.63) is 57.0 Å². The highest BCUT2D eigenvalue weighted by Crippen LogP contribution is 2.33. The molecule has 2 aromatic carbocycles. The number of halogens is 2. The van der Waals surface area contributed by atoms with Crippen LogP contribution in [0.25, 0.3) is 0 Å². The summed E-state index contributed by atoms with van der Waals surface area (Å²) in [5.74, 6) is -0.154. The van der Waals surface area contributed by atoms with Crippen LogP contribution in [0.5, 0.6) is 0 Å². The molecule has 3 nitrogen and oxygen atoms in total. The van der Waals surface area contributed by atoms with E-state index in [0.29, 0.717) is 16.3 Å². The Bertz CT molecular complexity index is 686. The van der Waals surface area contributed by atoms with Gasteiger partial charge in [0.05, 0.1) is 16.4 Å². The normalized spacial score (nSPS) is 10.3. The first-order chi connectivity index (χ1) is 9.91. The number of carbonyl (C=O) groups excluding carboxylic acids is 1. The van der Waals surface area contributed by atoms with Crippen LogP contribution in [-0.2, 0) is 0 Å². The predicted octanol–water partition coefficient (Wildman–Crippen LogP) is 4.73. The summed E-state index contributed by atoms with van der Waals surface area (Å²) in [7, 11) is 3.78. The summed E-state index contributed by atoms with van der Waals surface area (Å²) in [6, 6.07) is 11.0. The maximum atomic E-state index is 12.5. The van der Waals surface area contributed by atoms with E-state index >= 15 is 0 Å². The van der Waals surface area contributed by atoms with E-state index in [1.807, 2.05) is 50.2 Å². The van der Waals surface area contributed by atoms with Crippen LogP contribution >= 0.6 is 27.5 Å². The number of amides is 1. The van der Waals surface area contributed by atoms with Crippen LogP contribution in [-0.4, -0.2) is 20.0 Å². The Kier molecular flexibility index (Phi) is 4.91. The monoisotopic (exact) mass is 366 g/mol. The molecule has 0 saturated carbocycles. The lowest BCUT2D eigenvalue weighted by molar-refractivity contribution is 0.102. The second-order valence-corrected chi connectivity index (χ2v) is 6.16. The fourth-order valence-electron chi connectivity index (χ4n) is 2.11. The van der Waals surface area contributed by atoms with Crippen molar-refractivity contribution in [2.45, 2.75) is 6.92 Å². The first kappa shape index (κ1) is 15.9. The summed E-state index contributed by atoms with van der Waals surface area (Å²) < 4.78 is 0.911. The standard InChI is InChI=1S/C16H16BrClN2O/c1-10-11(6-4-7-12(10)17)16(21)19-14-9-5-8-13(18)15(14)20(2)3/h4-9H,1-3H3,(H,19,21). The van der Waals surface area contributed by atoms with Crippen LogP contribution in [0, 0.1) is 6.92 Å². The summed E-state index contributed by atoms with van der Waals surface area (Å²) in [6.45, 7) is 1.91. The van der Waals surface area contributed by atoms with Gasteiger partial charge in [-0.1, -0.05) is 39.7 Å². The van der Waals surface area contributed by atoms with E-state index in [0.717, 1.165) is 15.7 Å². The quantitative estimate of drug-likeness (QED) is 0.850. The van der Waals surface area contributed by atoms with Gasteiger partial charge in [0, 0.05) is 24.1 Å². The van der Waals surface area contributed by atoms with Crippen LogP contribution in [0.3, 0.4) is 0 Å². The lowest BCUT2D eigenvalue weighted by atomic mass is 10.1.